The standard InChI is InChI=1S/C22H27N7O5S3/c1-10-15(27-22(24)36-10)17(28-34)19(30)26-16-12-2-3-14(18(21(32)33)29(12)20(16)31)37-13-4-6-25-8-11(13)9-35-7-5-23/h4,6,8,12,16,22,27,34H,2-3,5,7,9,23-24H2,1H3,(H,26,30)(H,32,33)/b28-17+. The molecule has 3 aliphatic rings. The lowest BCUT2D eigenvalue weighted by Crippen LogP contribution is -2.72. The Balaban J connectivity index is 1.51. The fourth-order valence-electron chi connectivity index (χ4n) is 4.32. The van der Waals surface area contributed by atoms with Gasteiger partial charge in [-0.05, 0) is 31.4 Å². The number of nitrogens with one attached hydrogen (secondary N) is 2. The van der Waals surface area contributed by atoms with Crippen LogP contribution in [0.1, 0.15) is 25.3 Å². The predicted molar refractivity (Wildman–Crippen MR) is 142 cm³/mol. The van der Waals surface area contributed by atoms with Gasteiger partial charge in [0.2, 0.25) is 0 Å². The van der Waals surface area contributed by atoms with Gasteiger partial charge in [-0.2, -0.15) is 11.8 Å². The number of aromatic nitrogens is 1. The number of nitrogens with two attached hydrogens (primary N) is 2. The Kier molecular flexibility index (Phi) is 8.69. The van der Waals surface area contributed by atoms with Gasteiger partial charge in [-0.1, -0.05) is 28.7 Å². The van der Waals surface area contributed by atoms with Gasteiger partial charge in [-0.25, -0.2) is 4.79 Å². The van der Waals surface area contributed by atoms with Gasteiger partial charge in [0.1, 0.15) is 17.2 Å². The van der Waals surface area contributed by atoms with E-state index in [0.29, 0.717) is 34.9 Å². The van der Waals surface area contributed by atoms with Crippen molar-refractivity contribution in [1.29, 1.82) is 0 Å². The molecule has 0 aliphatic carbocycles. The molecule has 0 saturated carbocycles. The minimum Gasteiger partial charge on any atom is -0.477 e. The quantitative estimate of drug-likeness (QED) is 0.0768. The highest BCUT2D eigenvalue weighted by molar-refractivity contribution is 8.04. The molecule has 12 nitrogen and oxygen atoms in total. The van der Waals surface area contributed by atoms with Gasteiger partial charge in [-0.3, -0.25) is 19.5 Å². The number of carbonyl (C=O) groups excluding carboxylic acids is 2. The molecule has 3 aliphatic heterocycles. The van der Waals surface area contributed by atoms with Crippen LogP contribution in [0.15, 0.2) is 49.7 Å². The number of amides is 2. The van der Waals surface area contributed by atoms with E-state index in [-0.39, 0.29) is 17.1 Å². The van der Waals surface area contributed by atoms with Crippen molar-refractivity contribution in [2.45, 2.75) is 48.0 Å². The largest absolute Gasteiger partial charge is 0.477 e. The van der Waals surface area contributed by atoms with Crippen molar-refractivity contribution in [1.82, 2.24) is 20.5 Å². The minimum atomic E-state index is -1.21. The van der Waals surface area contributed by atoms with E-state index in [9.17, 15) is 24.7 Å². The molecule has 0 aromatic carbocycles. The Hall–Kier alpha value is -2.72. The summed E-state index contributed by atoms with van der Waals surface area (Å²) in [6.45, 7) is 2.29. The molecule has 0 spiro atoms. The van der Waals surface area contributed by atoms with Crippen LogP contribution in [-0.4, -0.2) is 73.6 Å². The van der Waals surface area contributed by atoms with Crippen LogP contribution in [0.2, 0.25) is 0 Å². The summed E-state index contributed by atoms with van der Waals surface area (Å²) in [5.74, 6) is -1.02. The zero-order valence-electron chi connectivity index (χ0n) is 19.8. The average molecular weight is 566 g/mol. The molecule has 198 valence electrons. The van der Waals surface area contributed by atoms with E-state index in [2.05, 4.69) is 20.8 Å². The maximum Gasteiger partial charge on any atom is 0.353 e. The van der Waals surface area contributed by atoms with Gasteiger partial charge in [-0.15, -0.1) is 0 Å². The fraction of sp³-hybridized carbons (Fsp3) is 0.409. The molecule has 4 heterocycles. The lowest BCUT2D eigenvalue weighted by atomic mass is 9.86. The Labute approximate surface area is 225 Å². The second kappa shape index (κ2) is 11.8. The smallest absolute Gasteiger partial charge is 0.353 e. The number of rotatable bonds is 10. The van der Waals surface area contributed by atoms with Crippen molar-refractivity contribution in [3.05, 3.63) is 45.2 Å². The molecule has 1 saturated heterocycles. The van der Waals surface area contributed by atoms with Crippen LogP contribution in [0.5, 0.6) is 0 Å². The van der Waals surface area contributed by atoms with Crippen LogP contribution in [0, 0.1) is 0 Å². The number of hydrogen-bond acceptors (Lipinski definition) is 12. The second-order valence-electron chi connectivity index (χ2n) is 8.33. The normalized spacial score (nSPS) is 23.5. The van der Waals surface area contributed by atoms with E-state index in [0.717, 1.165) is 16.2 Å². The van der Waals surface area contributed by atoms with E-state index < -0.39 is 35.4 Å². The zero-order valence-corrected chi connectivity index (χ0v) is 22.3. The summed E-state index contributed by atoms with van der Waals surface area (Å²) in [5.41, 5.74) is 11.8. The zero-order chi connectivity index (χ0) is 26.7. The Morgan fingerprint density at radius 2 is 2.22 bits per heavy atom. The first kappa shape index (κ1) is 27.3. The van der Waals surface area contributed by atoms with Gasteiger partial charge in [0.25, 0.3) is 11.8 Å². The average Bonchev–Trinajstić information content (AvgIpc) is 3.20. The van der Waals surface area contributed by atoms with E-state index >= 15 is 0 Å². The third-order valence-corrected chi connectivity index (χ3v) is 9.22. The van der Waals surface area contributed by atoms with Crippen LogP contribution < -0.4 is 22.1 Å². The molecule has 0 bridgehead atoms. The number of pyridine rings is 1. The number of carboxylic acids is 1. The number of hydrogen-bond donors (Lipinski definition) is 6. The van der Waals surface area contributed by atoms with Crippen molar-refractivity contribution >= 4 is 58.8 Å². The predicted octanol–water partition coefficient (Wildman–Crippen LogP) is 0.792. The molecule has 1 fully saturated rings. The lowest BCUT2D eigenvalue weighted by Gasteiger charge is -2.50. The molecule has 8 N–H and O–H groups in total. The van der Waals surface area contributed by atoms with Crippen molar-refractivity contribution in [3.8, 4) is 0 Å². The number of fused-ring (bicyclic) bond motifs is 1. The van der Waals surface area contributed by atoms with Gasteiger partial charge < -0.3 is 32.4 Å². The molecule has 3 unspecified atom stereocenters. The third-order valence-electron chi connectivity index (χ3n) is 5.99. The van der Waals surface area contributed by atoms with E-state index in [1.807, 2.05) is 6.07 Å². The molecule has 1 aromatic rings. The summed E-state index contributed by atoms with van der Waals surface area (Å²) in [4.78, 5) is 45.7. The number of oxime groups is 1. The number of carbonyl (C=O) groups is 3. The van der Waals surface area contributed by atoms with E-state index in [4.69, 9.17) is 11.5 Å². The summed E-state index contributed by atoms with van der Waals surface area (Å²) in [6, 6.07) is 0.376. The monoisotopic (exact) mass is 565 g/mol. The highest BCUT2D eigenvalue weighted by atomic mass is 32.2. The molecular weight excluding hydrogens is 538 g/mol. The molecular formula is C22H27N7O5S3. The number of β-lactam (4-membered cyclic amide) rings is 1. The molecule has 0 radical (unpaired) electrons. The Morgan fingerprint density at radius 3 is 2.86 bits per heavy atom. The summed E-state index contributed by atoms with van der Waals surface area (Å²) < 4.78 is 0. The van der Waals surface area contributed by atoms with Crippen LogP contribution in [-0.2, 0) is 20.1 Å². The first-order chi connectivity index (χ1) is 17.8. The van der Waals surface area contributed by atoms with Gasteiger partial charge >= 0.3 is 5.97 Å². The number of carboxylic acid groups (broad SMARTS) is 1. The Bertz CT molecular complexity index is 1200. The maximum atomic E-state index is 13.1. The first-order valence-corrected chi connectivity index (χ1v) is 14.2. The molecule has 37 heavy (non-hydrogen) atoms. The number of nitrogens with zero attached hydrogens (tertiary/aromatic N) is 3. The highest BCUT2D eigenvalue weighted by Gasteiger charge is 2.54. The summed E-state index contributed by atoms with van der Waals surface area (Å²) in [6.07, 6.45) is 4.28. The third kappa shape index (κ3) is 5.60. The van der Waals surface area contributed by atoms with Crippen molar-refractivity contribution in [2.24, 2.45) is 16.6 Å². The molecule has 3 atom stereocenters. The van der Waals surface area contributed by atoms with Crippen molar-refractivity contribution < 1.29 is 24.7 Å². The molecule has 4 rings (SSSR count). The number of thioether (sulfide) groups is 3. The second-order valence-corrected chi connectivity index (χ2v) is 11.9. The highest BCUT2D eigenvalue weighted by Crippen LogP contribution is 2.44. The van der Waals surface area contributed by atoms with E-state index in [1.165, 1.54) is 28.4 Å². The van der Waals surface area contributed by atoms with Crippen molar-refractivity contribution in [3.63, 3.8) is 0 Å². The van der Waals surface area contributed by atoms with Crippen LogP contribution in [0.25, 0.3) is 0 Å². The molecule has 15 heteroatoms. The van der Waals surface area contributed by atoms with Crippen LogP contribution in [0.3, 0.4) is 0 Å². The topological polar surface area (TPSA) is 196 Å². The first-order valence-electron chi connectivity index (χ1n) is 11.4. The van der Waals surface area contributed by atoms with E-state index in [1.54, 1.807) is 31.1 Å². The summed E-state index contributed by atoms with van der Waals surface area (Å²) in [7, 11) is 0. The number of aliphatic carboxylic acids is 1. The Morgan fingerprint density at radius 1 is 1.43 bits per heavy atom. The molecule has 2 amide bonds. The SMILES string of the molecule is CC1=C(/C(=N\O)C(=O)NC2C(=O)N3C(C(=O)O)=C(Sc4ccncc4CSCCN)CCC23)NC(N)S1. The minimum absolute atomic E-state index is 0.0800. The van der Waals surface area contributed by atoms with Crippen molar-refractivity contribution in [2.75, 3.05) is 12.3 Å². The fourth-order valence-corrected chi connectivity index (χ4v) is 7.16. The van der Waals surface area contributed by atoms with Gasteiger partial charge in [0.15, 0.2) is 5.71 Å². The number of allylic oxidation sites excluding steroid dienone is 2. The molecule has 1 aromatic heterocycles. The lowest BCUT2D eigenvalue weighted by molar-refractivity contribution is -0.155. The summed E-state index contributed by atoms with van der Waals surface area (Å²) >= 11 is 4.26. The van der Waals surface area contributed by atoms with Gasteiger partial charge in [0.05, 0.1) is 11.7 Å². The van der Waals surface area contributed by atoms with Gasteiger partial charge in [0, 0.05) is 45.1 Å². The summed E-state index contributed by atoms with van der Waals surface area (Å²) in [5, 5.41) is 28.0. The van der Waals surface area contributed by atoms with Crippen LogP contribution >= 0.6 is 35.3 Å². The maximum absolute atomic E-state index is 13.1. The van der Waals surface area contributed by atoms with Crippen LogP contribution in [0.4, 0.5) is 0 Å².